The number of likely N-dealkylation sites (tertiary alicyclic amines) is 1. The van der Waals surface area contributed by atoms with Gasteiger partial charge in [-0.15, -0.1) is 0 Å². The lowest BCUT2D eigenvalue weighted by molar-refractivity contribution is 0.0181. The highest BCUT2D eigenvalue weighted by Gasteiger charge is 2.26. The first-order chi connectivity index (χ1) is 11.9. The van der Waals surface area contributed by atoms with Crippen molar-refractivity contribution >= 4 is 10.3 Å². The minimum Gasteiger partial charge on any atom is -0.378 e. The Morgan fingerprint density at radius 2 is 1.72 bits per heavy atom. The maximum Gasteiger partial charge on any atom is 0.335 e. The smallest absolute Gasteiger partial charge is 0.335 e. The molecule has 1 unspecified atom stereocenters. The predicted molar refractivity (Wildman–Crippen MR) is 99.1 cm³/mol. The number of hydrogen-bond acceptors (Lipinski definition) is 5. The number of piperidine rings is 1. The fraction of sp³-hybridized carbons (Fsp3) is 1.00. The van der Waals surface area contributed by atoms with E-state index in [0.29, 0.717) is 25.9 Å². The maximum atomic E-state index is 11.0. The Morgan fingerprint density at radius 1 is 1.04 bits per heavy atom. The van der Waals surface area contributed by atoms with Gasteiger partial charge in [0.1, 0.15) is 0 Å². The molecule has 2 heterocycles. The van der Waals surface area contributed by atoms with E-state index in [1.807, 2.05) is 0 Å². The van der Waals surface area contributed by atoms with Crippen LogP contribution in [0.2, 0.25) is 0 Å². The molecular formula is C17H35N3O4S. The summed E-state index contributed by atoms with van der Waals surface area (Å²) in [5, 5.41) is 0. The molecule has 148 valence electrons. The van der Waals surface area contributed by atoms with Crippen molar-refractivity contribution in [1.82, 2.24) is 14.1 Å². The summed E-state index contributed by atoms with van der Waals surface area (Å²) in [6.45, 7) is 5.11. The van der Waals surface area contributed by atoms with Crippen molar-refractivity contribution in [2.75, 3.05) is 53.4 Å². The van der Waals surface area contributed by atoms with Crippen LogP contribution in [0.1, 0.15) is 44.9 Å². The molecule has 1 N–H and O–H groups in total. The van der Waals surface area contributed by atoms with E-state index in [4.69, 9.17) is 9.29 Å². The molecule has 2 aliphatic heterocycles. The lowest BCUT2D eigenvalue weighted by atomic mass is 10.1. The van der Waals surface area contributed by atoms with Crippen LogP contribution < -0.4 is 0 Å². The van der Waals surface area contributed by atoms with Gasteiger partial charge in [0.15, 0.2) is 0 Å². The summed E-state index contributed by atoms with van der Waals surface area (Å²) < 4.78 is 38.0. The van der Waals surface area contributed by atoms with Gasteiger partial charge in [-0.2, -0.15) is 12.7 Å². The molecule has 0 radical (unpaired) electrons. The Kier molecular flexibility index (Phi) is 8.57. The van der Waals surface area contributed by atoms with Gasteiger partial charge in [-0.1, -0.05) is 12.8 Å². The van der Waals surface area contributed by atoms with Crippen LogP contribution in [-0.2, 0) is 15.0 Å². The summed E-state index contributed by atoms with van der Waals surface area (Å²) in [4.78, 5) is 4.90. The van der Waals surface area contributed by atoms with Gasteiger partial charge in [-0.3, -0.25) is 4.55 Å². The first kappa shape index (κ1) is 21.1. The van der Waals surface area contributed by atoms with Crippen LogP contribution in [0, 0.1) is 0 Å². The third-order valence-electron chi connectivity index (χ3n) is 5.43. The van der Waals surface area contributed by atoms with Gasteiger partial charge in [-0.05, 0) is 59.3 Å². The standard InChI is InChI=1S/C17H35N3O4S/c1-18(2)16-7-11-19(15-16)10-5-3-4-6-14-24-17-8-12-20(13-9-17)25(21,22)23/h16-17H,3-15H2,1-2H3,(H,21,22,23). The molecule has 2 saturated heterocycles. The first-order valence-corrected chi connectivity index (χ1v) is 11.0. The van der Waals surface area contributed by atoms with E-state index in [1.54, 1.807) is 0 Å². The number of unbranched alkanes of at least 4 members (excludes halogenated alkanes) is 3. The van der Waals surface area contributed by atoms with Gasteiger partial charge >= 0.3 is 10.3 Å². The third-order valence-corrected chi connectivity index (χ3v) is 6.44. The zero-order valence-electron chi connectivity index (χ0n) is 15.8. The molecule has 0 spiro atoms. The second kappa shape index (κ2) is 10.2. The summed E-state index contributed by atoms with van der Waals surface area (Å²) in [5.74, 6) is 0. The third kappa shape index (κ3) is 7.48. The molecule has 2 fully saturated rings. The highest BCUT2D eigenvalue weighted by molar-refractivity contribution is 7.83. The van der Waals surface area contributed by atoms with Gasteiger partial charge in [0.2, 0.25) is 0 Å². The lowest BCUT2D eigenvalue weighted by Crippen LogP contribution is -2.40. The Bertz CT molecular complexity index is 478. The van der Waals surface area contributed by atoms with Crippen molar-refractivity contribution in [2.45, 2.75) is 57.1 Å². The van der Waals surface area contributed by atoms with Crippen molar-refractivity contribution in [3.63, 3.8) is 0 Å². The number of ether oxygens (including phenoxy) is 1. The molecule has 0 saturated carbocycles. The molecule has 0 bridgehead atoms. The van der Waals surface area contributed by atoms with Gasteiger partial charge in [-0.25, -0.2) is 0 Å². The fourth-order valence-corrected chi connectivity index (χ4v) is 4.38. The topological polar surface area (TPSA) is 73.3 Å². The Labute approximate surface area is 153 Å². The number of likely N-dealkylation sites (N-methyl/N-ethyl adjacent to an activating group) is 1. The second-order valence-corrected chi connectivity index (χ2v) is 8.98. The van der Waals surface area contributed by atoms with E-state index < -0.39 is 10.3 Å². The minimum atomic E-state index is -4.03. The highest BCUT2D eigenvalue weighted by atomic mass is 32.2. The molecule has 25 heavy (non-hydrogen) atoms. The number of hydrogen-bond donors (Lipinski definition) is 1. The Morgan fingerprint density at radius 3 is 2.32 bits per heavy atom. The van der Waals surface area contributed by atoms with Gasteiger partial charge in [0.25, 0.3) is 0 Å². The van der Waals surface area contributed by atoms with Crippen LogP contribution in [0.4, 0.5) is 0 Å². The lowest BCUT2D eigenvalue weighted by Gasteiger charge is -2.29. The van der Waals surface area contributed by atoms with Crippen molar-refractivity contribution < 1.29 is 17.7 Å². The van der Waals surface area contributed by atoms with Gasteiger partial charge < -0.3 is 14.5 Å². The van der Waals surface area contributed by atoms with Crippen molar-refractivity contribution in [3.8, 4) is 0 Å². The van der Waals surface area contributed by atoms with Crippen molar-refractivity contribution in [2.24, 2.45) is 0 Å². The molecule has 7 nitrogen and oxygen atoms in total. The monoisotopic (exact) mass is 377 g/mol. The quantitative estimate of drug-likeness (QED) is 0.459. The number of nitrogens with zero attached hydrogens (tertiary/aromatic N) is 3. The van der Waals surface area contributed by atoms with Crippen LogP contribution in [-0.4, -0.2) is 92.6 Å². The van der Waals surface area contributed by atoms with E-state index >= 15 is 0 Å². The average Bonchev–Trinajstić information content (AvgIpc) is 3.03. The van der Waals surface area contributed by atoms with E-state index in [0.717, 1.165) is 23.4 Å². The van der Waals surface area contributed by atoms with E-state index in [1.165, 1.54) is 45.3 Å². The molecule has 0 aliphatic carbocycles. The zero-order chi connectivity index (χ0) is 18.3. The van der Waals surface area contributed by atoms with Gasteiger partial charge in [0.05, 0.1) is 6.10 Å². The molecule has 8 heteroatoms. The maximum absolute atomic E-state index is 11.0. The predicted octanol–water partition coefficient (Wildman–Crippen LogP) is 1.47. The molecule has 1 atom stereocenters. The minimum absolute atomic E-state index is 0.130. The SMILES string of the molecule is CN(C)C1CCN(CCCCCCOC2CCN(S(=O)(=O)O)CC2)C1. The van der Waals surface area contributed by atoms with Crippen molar-refractivity contribution in [3.05, 3.63) is 0 Å². The second-order valence-electron chi connectivity index (χ2n) is 7.57. The van der Waals surface area contributed by atoms with E-state index in [9.17, 15) is 8.42 Å². The Hall–Kier alpha value is -0.250. The molecule has 0 aromatic carbocycles. The van der Waals surface area contributed by atoms with Crippen LogP contribution in [0.3, 0.4) is 0 Å². The number of rotatable bonds is 10. The molecular weight excluding hydrogens is 342 g/mol. The normalized spacial score (nSPS) is 24.4. The highest BCUT2D eigenvalue weighted by Crippen LogP contribution is 2.17. The van der Waals surface area contributed by atoms with Crippen LogP contribution in [0.5, 0.6) is 0 Å². The zero-order valence-corrected chi connectivity index (χ0v) is 16.6. The molecule has 0 amide bonds. The van der Waals surface area contributed by atoms with Gasteiger partial charge in [0, 0.05) is 32.3 Å². The van der Waals surface area contributed by atoms with Crippen molar-refractivity contribution in [1.29, 1.82) is 0 Å². The first-order valence-electron chi connectivity index (χ1n) is 9.59. The van der Waals surface area contributed by atoms with Crippen LogP contribution in [0.25, 0.3) is 0 Å². The van der Waals surface area contributed by atoms with E-state index in [2.05, 4.69) is 23.9 Å². The van der Waals surface area contributed by atoms with E-state index in [-0.39, 0.29) is 6.10 Å². The molecule has 0 aromatic rings. The Balaban J connectivity index is 1.43. The summed E-state index contributed by atoms with van der Waals surface area (Å²) in [6, 6.07) is 0.723. The molecule has 0 aromatic heterocycles. The summed E-state index contributed by atoms with van der Waals surface area (Å²) in [5.41, 5.74) is 0. The summed E-state index contributed by atoms with van der Waals surface area (Å²) in [7, 11) is 0.306. The molecule has 2 aliphatic rings. The van der Waals surface area contributed by atoms with Crippen LogP contribution in [0.15, 0.2) is 0 Å². The van der Waals surface area contributed by atoms with Crippen LogP contribution >= 0.6 is 0 Å². The fourth-order valence-electron chi connectivity index (χ4n) is 3.71. The average molecular weight is 378 g/mol. The summed E-state index contributed by atoms with van der Waals surface area (Å²) >= 11 is 0. The summed E-state index contributed by atoms with van der Waals surface area (Å²) in [6.07, 6.45) is 7.51. The largest absolute Gasteiger partial charge is 0.378 e. The molecule has 2 rings (SSSR count).